The van der Waals surface area contributed by atoms with Crippen molar-refractivity contribution in [2.24, 2.45) is 5.92 Å². The lowest BCUT2D eigenvalue weighted by atomic mass is 9.97. The van der Waals surface area contributed by atoms with Crippen LogP contribution in [0.15, 0.2) is 0 Å². The molecule has 2 aliphatic rings. The molecule has 1 amide bonds. The van der Waals surface area contributed by atoms with E-state index in [0.717, 1.165) is 32.2 Å². The summed E-state index contributed by atoms with van der Waals surface area (Å²) in [4.78, 5) is 25.3. The normalized spacial score (nSPS) is 29.1. The average molecular weight is 241 g/mol. The Bertz CT molecular complexity index is 299. The molecule has 0 aliphatic carbocycles. The Balaban J connectivity index is 1.92. The van der Waals surface area contributed by atoms with Gasteiger partial charge < -0.3 is 14.4 Å². The summed E-state index contributed by atoms with van der Waals surface area (Å²) in [5.41, 5.74) is 0. The SMILES string of the molecule is COC(=O)[C@H]1CCCN(C(=O)C2CCCO2)C1. The summed E-state index contributed by atoms with van der Waals surface area (Å²) in [5, 5.41) is 0. The predicted octanol–water partition coefficient (Wildman–Crippen LogP) is 0.577. The Labute approximate surface area is 101 Å². The number of likely N-dealkylation sites (tertiary alicyclic amines) is 1. The first-order chi connectivity index (χ1) is 8.22. The van der Waals surface area contributed by atoms with Crippen molar-refractivity contribution in [2.45, 2.75) is 31.8 Å². The van der Waals surface area contributed by atoms with Crippen LogP contribution >= 0.6 is 0 Å². The molecule has 5 nitrogen and oxygen atoms in total. The van der Waals surface area contributed by atoms with E-state index in [4.69, 9.17) is 9.47 Å². The van der Waals surface area contributed by atoms with Crippen molar-refractivity contribution in [3.05, 3.63) is 0 Å². The fourth-order valence-electron chi connectivity index (χ4n) is 2.51. The third kappa shape index (κ3) is 2.77. The van der Waals surface area contributed by atoms with E-state index >= 15 is 0 Å². The first-order valence-corrected chi connectivity index (χ1v) is 6.20. The van der Waals surface area contributed by atoms with Gasteiger partial charge in [0.05, 0.1) is 13.0 Å². The Morgan fingerprint density at radius 1 is 1.29 bits per heavy atom. The van der Waals surface area contributed by atoms with Crippen molar-refractivity contribution in [1.82, 2.24) is 4.90 Å². The Morgan fingerprint density at radius 2 is 2.12 bits per heavy atom. The zero-order valence-electron chi connectivity index (χ0n) is 10.2. The van der Waals surface area contributed by atoms with Crippen LogP contribution in [-0.2, 0) is 19.1 Å². The van der Waals surface area contributed by atoms with E-state index in [9.17, 15) is 9.59 Å². The zero-order chi connectivity index (χ0) is 12.3. The zero-order valence-corrected chi connectivity index (χ0v) is 10.2. The predicted molar refractivity (Wildman–Crippen MR) is 60.3 cm³/mol. The van der Waals surface area contributed by atoms with Crippen molar-refractivity contribution in [3.8, 4) is 0 Å². The molecule has 1 unspecified atom stereocenters. The molecule has 17 heavy (non-hydrogen) atoms. The largest absolute Gasteiger partial charge is 0.469 e. The molecule has 2 rings (SSSR count). The van der Waals surface area contributed by atoms with E-state index in [1.807, 2.05) is 0 Å². The minimum Gasteiger partial charge on any atom is -0.469 e. The van der Waals surface area contributed by atoms with Crippen molar-refractivity contribution in [2.75, 3.05) is 26.8 Å². The van der Waals surface area contributed by atoms with Gasteiger partial charge in [-0.3, -0.25) is 9.59 Å². The smallest absolute Gasteiger partial charge is 0.310 e. The molecule has 0 spiro atoms. The molecule has 0 aromatic rings. The van der Waals surface area contributed by atoms with Crippen molar-refractivity contribution in [1.29, 1.82) is 0 Å². The summed E-state index contributed by atoms with van der Waals surface area (Å²) in [7, 11) is 1.39. The number of methoxy groups -OCH3 is 1. The lowest BCUT2D eigenvalue weighted by molar-refractivity contribution is -0.151. The maximum absolute atomic E-state index is 12.1. The topological polar surface area (TPSA) is 55.8 Å². The van der Waals surface area contributed by atoms with Gasteiger partial charge in [0, 0.05) is 19.7 Å². The number of piperidine rings is 1. The number of hydrogen-bond donors (Lipinski definition) is 0. The van der Waals surface area contributed by atoms with Gasteiger partial charge in [-0.05, 0) is 25.7 Å². The minimum absolute atomic E-state index is 0.0381. The van der Waals surface area contributed by atoms with Crippen LogP contribution in [0.4, 0.5) is 0 Å². The van der Waals surface area contributed by atoms with Crippen LogP contribution in [0, 0.1) is 5.92 Å². The molecule has 2 aliphatic heterocycles. The second-order valence-corrected chi connectivity index (χ2v) is 4.65. The highest BCUT2D eigenvalue weighted by atomic mass is 16.5. The van der Waals surface area contributed by atoms with Crippen LogP contribution in [0.5, 0.6) is 0 Å². The van der Waals surface area contributed by atoms with Gasteiger partial charge in [-0.15, -0.1) is 0 Å². The lowest BCUT2D eigenvalue weighted by Gasteiger charge is -2.32. The molecule has 2 saturated heterocycles. The highest BCUT2D eigenvalue weighted by molar-refractivity contribution is 5.82. The Morgan fingerprint density at radius 3 is 2.76 bits per heavy atom. The molecule has 2 fully saturated rings. The molecule has 0 radical (unpaired) electrons. The monoisotopic (exact) mass is 241 g/mol. The van der Waals surface area contributed by atoms with Crippen molar-refractivity contribution < 1.29 is 19.1 Å². The number of carbonyl (C=O) groups excluding carboxylic acids is 2. The summed E-state index contributed by atoms with van der Waals surface area (Å²) in [6.45, 7) is 1.88. The fourth-order valence-corrected chi connectivity index (χ4v) is 2.51. The van der Waals surface area contributed by atoms with Crippen LogP contribution < -0.4 is 0 Å². The van der Waals surface area contributed by atoms with Crippen LogP contribution in [0.2, 0.25) is 0 Å². The summed E-state index contributed by atoms with van der Waals surface area (Å²) in [5.74, 6) is -0.343. The molecule has 2 atom stereocenters. The molecular weight excluding hydrogens is 222 g/mol. The highest BCUT2D eigenvalue weighted by Gasteiger charge is 2.33. The van der Waals surface area contributed by atoms with E-state index in [-0.39, 0.29) is 23.9 Å². The lowest BCUT2D eigenvalue weighted by Crippen LogP contribution is -2.46. The maximum atomic E-state index is 12.1. The first-order valence-electron chi connectivity index (χ1n) is 6.20. The molecular formula is C12H19NO4. The highest BCUT2D eigenvalue weighted by Crippen LogP contribution is 2.21. The Hall–Kier alpha value is -1.10. The minimum atomic E-state index is -0.286. The van der Waals surface area contributed by atoms with Crippen LogP contribution in [0.3, 0.4) is 0 Å². The summed E-state index contributed by atoms with van der Waals surface area (Å²) >= 11 is 0. The van der Waals surface area contributed by atoms with Gasteiger partial charge in [-0.25, -0.2) is 0 Å². The first kappa shape index (κ1) is 12.4. The molecule has 0 saturated carbocycles. The van der Waals surface area contributed by atoms with Gasteiger partial charge >= 0.3 is 5.97 Å². The number of rotatable bonds is 2. The van der Waals surface area contributed by atoms with Gasteiger partial charge in [-0.1, -0.05) is 0 Å². The maximum Gasteiger partial charge on any atom is 0.310 e. The summed E-state index contributed by atoms with van der Waals surface area (Å²) in [6.07, 6.45) is 3.13. The molecule has 5 heteroatoms. The number of ether oxygens (including phenoxy) is 2. The van der Waals surface area contributed by atoms with Crippen LogP contribution in [0.25, 0.3) is 0 Å². The third-order valence-corrected chi connectivity index (χ3v) is 3.47. The Kier molecular flexibility index (Phi) is 3.99. The van der Waals surface area contributed by atoms with Gasteiger partial charge in [0.1, 0.15) is 6.10 Å². The van der Waals surface area contributed by atoms with Gasteiger partial charge in [-0.2, -0.15) is 0 Å². The van der Waals surface area contributed by atoms with Crippen molar-refractivity contribution in [3.63, 3.8) is 0 Å². The van der Waals surface area contributed by atoms with E-state index in [1.165, 1.54) is 7.11 Å². The third-order valence-electron chi connectivity index (χ3n) is 3.47. The van der Waals surface area contributed by atoms with Crippen LogP contribution in [-0.4, -0.2) is 49.7 Å². The van der Waals surface area contributed by atoms with Crippen LogP contribution in [0.1, 0.15) is 25.7 Å². The molecule has 0 aromatic carbocycles. The molecule has 96 valence electrons. The van der Waals surface area contributed by atoms with Gasteiger partial charge in [0.25, 0.3) is 5.91 Å². The molecule has 2 heterocycles. The van der Waals surface area contributed by atoms with Gasteiger partial charge in [0.2, 0.25) is 0 Å². The molecule has 0 bridgehead atoms. The molecule has 0 aromatic heterocycles. The number of hydrogen-bond acceptors (Lipinski definition) is 4. The standard InChI is InChI=1S/C12H19NO4/c1-16-12(15)9-4-2-6-13(8-9)11(14)10-5-3-7-17-10/h9-10H,2-8H2,1H3/t9-,10?/m0/s1. The van der Waals surface area contributed by atoms with E-state index in [0.29, 0.717) is 13.2 Å². The summed E-state index contributed by atoms with van der Waals surface area (Å²) in [6, 6.07) is 0. The van der Waals surface area contributed by atoms with Crippen molar-refractivity contribution >= 4 is 11.9 Å². The summed E-state index contributed by atoms with van der Waals surface area (Å²) < 4.78 is 10.1. The van der Waals surface area contributed by atoms with Gasteiger partial charge in [0.15, 0.2) is 0 Å². The quantitative estimate of drug-likeness (QED) is 0.663. The second kappa shape index (κ2) is 5.49. The van der Waals surface area contributed by atoms with E-state index < -0.39 is 0 Å². The van der Waals surface area contributed by atoms with E-state index in [1.54, 1.807) is 4.90 Å². The number of amides is 1. The average Bonchev–Trinajstić information content (AvgIpc) is 2.91. The van der Waals surface area contributed by atoms with E-state index in [2.05, 4.69) is 0 Å². The number of carbonyl (C=O) groups is 2. The fraction of sp³-hybridized carbons (Fsp3) is 0.833. The molecule has 0 N–H and O–H groups in total. The number of esters is 1. The second-order valence-electron chi connectivity index (χ2n) is 4.65. The number of nitrogens with zero attached hydrogens (tertiary/aromatic N) is 1.